The lowest BCUT2D eigenvalue weighted by Gasteiger charge is -2.23. The van der Waals surface area contributed by atoms with Crippen LogP contribution in [0, 0.1) is 0 Å². The Morgan fingerprint density at radius 2 is 0.964 bits per heavy atom. The van der Waals surface area contributed by atoms with Gasteiger partial charge in [-0.2, -0.15) is 0 Å². The predicted octanol–water partition coefficient (Wildman–Crippen LogP) is 13.3. The molecule has 0 radical (unpaired) electrons. The molecule has 8 nitrogen and oxygen atoms in total. The Morgan fingerprint density at radius 1 is 0.582 bits per heavy atom. The summed E-state index contributed by atoms with van der Waals surface area (Å²) in [7, 11) is -4.34. The van der Waals surface area contributed by atoms with Crippen LogP contribution in [0.2, 0.25) is 0 Å². The first kappa shape index (κ1) is 54.0. The molecule has 5 N–H and O–H groups in total. The molecule has 3 atom stereocenters. The quantitative estimate of drug-likeness (QED) is 0.0274. The minimum absolute atomic E-state index is 0.0760. The van der Waals surface area contributed by atoms with Gasteiger partial charge in [-0.05, 0) is 32.1 Å². The van der Waals surface area contributed by atoms with Crippen molar-refractivity contribution in [3.05, 3.63) is 24.3 Å². The van der Waals surface area contributed by atoms with Crippen molar-refractivity contribution in [3.63, 3.8) is 0 Å². The fourth-order valence-electron chi connectivity index (χ4n) is 6.97. The Labute approximate surface area is 340 Å². The fourth-order valence-corrected chi connectivity index (χ4v) is 7.73. The molecule has 0 bridgehead atoms. The summed E-state index contributed by atoms with van der Waals surface area (Å²) in [5.74, 6) is -0.200. The highest BCUT2D eigenvalue weighted by molar-refractivity contribution is 7.47. The Balaban J connectivity index is 4.13. The van der Waals surface area contributed by atoms with Gasteiger partial charge >= 0.3 is 7.82 Å². The summed E-state index contributed by atoms with van der Waals surface area (Å²) in [6.07, 6.45) is 49.5. The minimum atomic E-state index is -4.34. The lowest BCUT2D eigenvalue weighted by atomic mass is 10.0. The third kappa shape index (κ3) is 41.0. The monoisotopic (exact) mass is 799 g/mol. The largest absolute Gasteiger partial charge is 0.472 e. The van der Waals surface area contributed by atoms with E-state index >= 15 is 0 Å². The number of rotatable bonds is 44. The van der Waals surface area contributed by atoms with Crippen molar-refractivity contribution in [2.45, 2.75) is 244 Å². The van der Waals surface area contributed by atoms with Crippen LogP contribution in [0.1, 0.15) is 232 Å². The van der Waals surface area contributed by atoms with Gasteiger partial charge in [0.15, 0.2) is 0 Å². The number of hydrogen-bond acceptors (Lipinski definition) is 6. The lowest BCUT2D eigenvalue weighted by Crippen LogP contribution is -2.45. The molecule has 3 unspecified atom stereocenters. The Hall–Kier alpha value is -1.02. The number of carbonyl (C=O) groups is 1. The normalized spacial score (nSPS) is 14.2. The fraction of sp³-hybridized carbons (Fsp3) is 0.891. The summed E-state index contributed by atoms with van der Waals surface area (Å²) in [5, 5.41) is 13.7. The molecule has 0 saturated heterocycles. The summed E-state index contributed by atoms with van der Waals surface area (Å²) in [4.78, 5) is 22.7. The highest BCUT2D eigenvalue weighted by atomic mass is 31.2. The van der Waals surface area contributed by atoms with E-state index < -0.39 is 20.0 Å². The van der Waals surface area contributed by atoms with Crippen molar-refractivity contribution >= 4 is 13.7 Å². The Kier molecular flexibility index (Phi) is 41.8. The van der Waals surface area contributed by atoms with E-state index in [1.54, 1.807) is 6.08 Å². The van der Waals surface area contributed by atoms with Crippen LogP contribution in [0.15, 0.2) is 24.3 Å². The number of allylic oxidation sites excluding steroid dienone is 3. The smallest absolute Gasteiger partial charge is 0.387 e. The molecule has 0 saturated carbocycles. The highest BCUT2D eigenvalue weighted by Crippen LogP contribution is 2.43. The third-order valence-electron chi connectivity index (χ3n) is 10.5. The number of carbonyl (C=O) groups excluding carboxylic acids is 1. The summed E-state index contributed by atoms with van der Waals surface area (Å²) < 4.78 is 22.1. The van der Waals surface area contributed by atoms with E-state index in [1.165, 1.54) is 173 Å². The van der Waals surface area contributed by atoms with Gasteiger partial charge in [-0.3, -0.25) is 13.8 Å². The van der Waals surface area contributed by atoms with E-state index in [9.17, 15) is 19.4 Å². The van der Waals surface area contributed by atoms with Crippen LogP contribution in [0.25, 0.3) is 0 Å². The van der Waals surface area contributed by atoms with Gasteiger partial charge in [-0.15, -0.1) is 0 Å². The average Bonchev–Trinajstić information content (AvgIpc) is 3.17. The molecule has 1 amide bonds. The van der Waals surface area contributed by atoms with Gasteiger partial charge in [-0.1, -0.05) is 218 Å². The second-order valence-corrected chi connectivity index (χ2v) is 17.4. The standard InChI is InChI=1S/C46H91N2O6P/c1-3-5-7-9-11-13-15-17-19-20-21-22-23-24-26-28-30-32-34-36-38-40-46(50)48-44(43-54-55(51,52)53-42-41-47)45(49)39-37-35-33-31-29-27-25-18-16-14-12-10-8-6-4-2/h29,31,37,39,44-45,49H,3-28,30,32-36,38,40-43,47H2,1-2H3,(H,48,50)(H,51,52)/b31-29+,39-37+. The molecule has 55 heavy (non-hydrogen) atoms. The topological polar surface area (TPSA) is 131 Å². The molecule has 0 spiro atoms. The van der Waals surface area contributed by atoms with Crippen molar-refractivity contribution in [2.75, 3.05) is 19.8 Å². The first-order chi connectivity index (χ1) is 26.9. The molecule has 0 aromatic rings. The van der Waals surface area contributed by atoms with Gasteiger partial charge in [0.1, 0.15) is 0 Å². The van der Waals surface area contributed by atoms with Gasteiger partial charge in [0.2, 0.25) is 5.91 Å². The SMILES string of the molecule is CCCCCCCCCCC/C=C/CC/C=C/C(O)C(COP(=O)(O)OCCN)NC(=O)CCCCCCCCCCCCCCCCCCCCCCC. The molecule has 0 aliphatic heterocycles. The van der Waals surface area contributed by atoms with Crippen LogP contribution in [0.3, 0.4) is 0 Å². The van der Waals surface area contributed by atoms with E-state index in [-0.39, 0.29) is 25.7 Å². The number of phosphoric ester groups is 1. The molecule has 0 fully saturated rings. The number of aliphatic hydroxyl groups excluding tert-OH is 1. The van der Waals surface area contributed by atoms with E-state index in [0.29, 0.717) is 6.42 Å². The van der Waals surface area contributed by atoms with E-state index in [4.69, 9.17) is 14.8 Å². The van der Waals surface area contributed by atoms with Gasteiger partial charge in [0, 0.05) is 13.0 Å². The average molecular weight is 799 g/mol. The van der Waals surface area contributed by atoms with Crippen molar-refractivity contribution in [3.8, 4) is 0 Å². The molecule has 9 heteroatoms. The van der Waals surface area contributed by atoms with Crippen molar-refractivity contribution in [2.24, 2.45) is 5.73 Å². The van der Waals surface area contributed by atoms with Crippen molar-refractivity contribution in [1.82, 2.24) is 5.32 Å². The number of unbranched alkanes of at least 4 members (excludes halogenated alkanes) is 30. The van der Waals surface area contributed by atoms with Crippen LogP contribution in [-0.4, -0.2) is 47.8 Å². The van der Waals surface area contributed by atoms with E-state index in [2.05, 4.69) is 31.3 Å². The molecular weight excluding hydrogens is 707 g/mol. The molecule has 0 aliphatic rings. The molecule has 326 valence electrons. The molecule has 0 aromatic heterocycles. The number of aliphatic hydroxyl groups is 1. The van der Waals surface area contributed by atoms with Gasteiger partial charge in [0.25, 0.3) is 0 Å². The van der Waals surface area contributed by atoms with Crippen LogP contribution in [0.5, 0.6) is 0 Å². The summed E-state index contributed by atoms with van der Waals surface area (Å²) in [6.45, 7) is 4.14. The maximum Gasteiger partial charge on any atom is 0.472 e. The van der Waals surface area contributed by atoms with Crippen LogP contribution >= 0.6 is 7.82 Å². The molecule has 0 aliphatic carbocycles. The summed E-state index contributed by atoms with van der Waals surface area (Å²) >= 11 is 0. The van der Waals surface area contributed by atoms with Crippen LogP contribution in [0.4, 0.5) is 0 Å². The zero-order valence-electron chi connectivity index (χ0n) is 36.2. The molecular formula is C46H91N2O6P. The molecule has 0 rings (SSSR count). The zero-order valence-corrected chi connectivity index (χ0v) is 37.1. The number of hydrogen-bond donors (Lipinski definition) is 4. The first-order valence-corrected chi connectivity index (χ1v) is 25.0. The molecule has 0 heterocycles. The van der Waals surface area contributed by atoms with Crippen LogP contribution in [-0.2, 0) is 18.4 Å². The van der Waals surface area contributed by atoms with Crippen molar-refractivity contribution in [1.29, 1.82) is 0 Å². The van der Waals surface area contributed by atoms with E-state index in [1.807, 2.05) is 6.08 Å². The van der Waals surface area contributed by atoms with E-state index in [0.717, 1.165) is 38.5 Å². The first-order valence-electron chi connectivity index (χ1n) is 23.5. The van der Waals surface area contributed by atoms with Gasteiger partial charge in [-0.25, -0.2) is 4.57 Å². The summed E-state index contributed by atoms with van der Waals surface area (Å²) in [6, 6.07) is -0.872. The molecule has 0 aromatic carbocycles. The highest BCUT2D eigenvalue weighted by Gasteiger charge is 2.26. The van der Waals surface area contributed by atoms with Gasteiger partial charge in [0.05, 0.1) is 25.4 Å². The Morgan fingerprint density at radius 3 is 1.40 bits per heavy atom. The second-order valence-electron chi connectivity index (χ2n) is 16.0. The predicted molar refractivity (Wildman–Crippen MR) is 235 cm³/mol. The van der Waals surface area contributed by atoms with Crippen molar-refractivity contribution < 1.29 is 28.4 Å². The maximum absolute atomic E-state index is 12.8. The zero-order chi connectivity index (χ0) is 40.3. The number of nitrogens with one attached hydrogen (secondary N) is 1. The van der Waals surface area contributed by atoms with Gasteiger partial charge < -0.3 is 21.1 Å². The number of nitrogens with two attached hydrogens (primary N) is 1. The number of amides is 1. The lowest BCUT2D eigenvalue weighted by molar-refractivity contribution is -0.123. The maximum atomic E-state index is 12.8. The Bertz CT molecular complexity index is 917. The summed E-state index contributed by atoms with van der Waals surface area (Å²) in [5.41, 5.74) is 5.38. The third-order valence-corrected chi connectivity index (χ3v) is 11.5. The minimum Gasteiger partial charge on any atom is -0.387 e. The number of phosphoric acid groups is 1. The van der Waals surface area contributed by atoms with Crippen LogP contribution < -0.4 is 11.1 Å². The second kappa shape index (κ2) is 42.6.